The molecule has 0 bridgehead atoms. The van der Waals surface area contributed by atoms with Crippen molar-refractivity contribution < 1.29 is 29.6 Å². The molecule has 3 N–H and O–H groups in total. The predicted octanol–water partition coefficient (Wildman–Crippen LogP) is 0.478. The first-order valence-electron chi connectivity index (χ1n) is 9.68. The van der Waals surface area contributed by atoms with Gasteiger partial charge in [-0.15, -0.1) is 0 Å². The molecule has 1 aliphatic heterocycles. The Balaban J connectivity index is 1.76. The molecule has 1 aromatic carbocycles. The topological polar surface area (TPSA) is 115 Å². The van der Waals surface area contributed by atoms with Gasteiger partial charge in [-0.3, -0.25) is 19.4 Å². The van der Waals surface area contributed by atoms with Crippen LogP contribution in [0.2, 0.25) is 0 Å². The summed E-state index contributed by atoms with van der Waals surface area (Å²) in [5.74, 6) is -1.91. The second-order valence-corrected chi connectivity index (χ2v) is 7.08. The van der Waals surface area contributed by atoms with Crippen molar-refractivity contribution in [1.82, 2.24) is 14.4 Å². The molecule has 0 aliphatic carbocycles. The molecule has 1 aliphatic rings. The van der Waals surface area contributed by atoms with Crippen LogP contribution >= 0.6 is 0 Å². The smallest absolute Gasteiger partial charge is 0.325 e. The molecule has 0 amide bonds. The molecular formula is C20H27N3O6. The number of benzene rings is 1. The summed E-state index contributed by atoms with van der Waals surface area (Å²) in [6, 6.07) is 6.47. The minimum Gasteiger partial charge on any atom is -0.480 e. The van der Waals surface area contributed by atoms with Crippen LogP contribution in [0.1, 0.15) is 11.6 Å². The van der Waals surface area contributed by atoms with E-state index in [9.17, 15) is 19.8 Å². The molecule has 0 radical (unpaired) electrons. The van der Waals surface area contributed by atoms with E-state index < -0.39 is 18.0 Å². The van der Waals surface area contributed by atoms with Crippen molar-refractivity contribution in [1.29, 1.82) is 0 Å². The van der Waals surface area contributed by atoms with Crippen molar-refractivity contribution in [2.24, 2.45) is 0 Å². The average molecular weight is 405 g/mol. The third kappa shape index (κ3) is 5.13. The van der Waals surface area contributed by atoms with E-state index in [1.54, 1.807) is 10.8 Å². The Hall–Kier alpha value is -2.46. The van der Waals surface area contributed by atoms with Gasteiger partial charge in [-0.2, -0.15) is 0 Å². The number of carboxylic acids is 2. The van der Waals surface area contributed by atoms with Gasteiger partial charge in [0.15, 0.2) is 0 Å². The maximum atomic E-state index is 12.2. The van der Waals surface area contributed by atoms with Crippen LogP contribution in [0, 0.1) is 0 Å². The van der Waals surface area contributed by atoms with E-state index in [1.165, 1.54) is 0 Å². The molecule has 1 atom stereocenters. The Labute approximate surface area is 168 Å². The van der Waals surface area contributed by atoms with Crippen LogP contribution in [0.5, 0.6) is 0 Å². The number of hydrogen-bond donors (Lipinski definition) is 3. The number of aromatic nitrogens is 1. The Morgan fingerprint density at radius 2 is 1.79 bits per heavy atom. The summed E-state index contributed by atoms with van der Waals surface area (Å²) in [7, 11) is 0. The van der Waals surface area contributed by atoms with Crippen LogP contribution in [0.4, 0.5) is 0 Å². The van der Waals surface area contributed by atoms with Crippen molar-refractivity contribution in [3.63, 3.8) is 0 Å². The van der Waals surface area contributed by atoms with E-state index in [2.05, 4.69) is 4.90 Å². The predicted molar refractivity (Wildman–Crippen MR) is 106 cm³/mol. The Morgan fingerprint density at radius 1 is 1.07 bits per heavy atom. The van der Waals surface area contributed by atoms with E-state index in [-0.39, 0.29) is 13.2 Å². The highest BCUT2D eigenvalue weighted by atomic mass is 16.5. The van der Waals surface area contributed by atoms with Crippen LogP contribution in [0.15, 0.2) is 30.5 Å². The van der Waals surface area contributed by atoms with Gasteiger partial charge in [0.2, 0.25) is 0 Å². The number of rotatable bonds is 10. The zero-order chi connectivity index (χ0) is 20.8. The first-order valence-corrected chi connectivity index (χ1v) is 9.68. The van der Waals surface area contributed by atoms with Crippen LogP contribution < -0.4 is 0 Å². The van der Waals surface area contributed by atoms with Crippen molar-refractivity contribution in [2.45, 2.75) is 12.6 Å². The zero-order valence-corrected chi connectivity index (χ0v) is 16.2. The first-order chi connectivity index (χ1) is 14.0. The SMILES string of the molecule is O=C(O)Cn1cc(C(C(=O)O)N2CCN(CCOCCO)CC2)c2ccccc21. The molecule has 1 saturated heterocycles. The molecule has 1 aromatic heterocycles. The number of piperazine rings is 1. The van der Waals surface area contributed by atoms with Crippen molar-refractivity contribution >= 4 is 22.8 Å². The van der Waals surface area contributed by atoms with E-state index in [0.29, 0.717) is 31.9 Å². The maximum Gasteiger partial charge on any atom is 0.325 e. The molecule has 2 aromatic rings. The summed E-state index contributed by atoms with van der Waals surface area (Å²) in [6.45, 7) is 4.01. The van der Waals surface area contributed by atoms with Crippen LogP contribution in [-0.2, 0) is 20.9 Å². The zero-order valence-electron chi connectivity index (χ0n) is 16.2. The van der Waals surface area contributed by atoms with E-state index >= 15 is 0 Å². The van der Waals surface area contributed by atoms with Gasteiger partial charge in [0.1, 0.15) is 12.6 Å². The number of para-hydroxylation sites is 1. The quantitative estimate of drug-likeness (QED) is 0.489. The number of aliphatic hydroxyl groups excluding tert-OH is 1. The summed E-state index contributed by atoms with van der Waals surface area (Å²) in [5, 5.41) is 28.7. The van der Waals surface area contributed by atoms with Gasteiger partial charge in [-0.1, -0.05) is 18.2 Å². The largest absolute Gasteiger partial charge is 0.480 e. The average Bonchev–Trinajstić information content (AvgIpc) is 3.04. The molecule has 9 heteroatoms. The number of aliphatic hydroxyl groups is 1. The number of aliphatic carboxylic acids is 2. The number of hydrogen-bond acceptors (Lipinski definition) is 6. The number of carboxylic acid groups (broad SMARTS) is 2. The van der Waals surface area contributed by atoms with Gasteiger partial charge in [-0.25, -0.2) is 0 Å². The fourth-order valence-electron chi connectivity index (χ4n) is 3.86. The second-order valence-electron chi connectivity index (χ2n) is 7.08. The summed E-state index contributed by atoms with van der Waals surface area (Å²) in [5.41, 5.74) is 1.34. The Bertz CT molecular complexity index is 844. The highest BCUT2D eigenvalue weighted by Gasteiger charge is 2.32. The molecule has 158 valence electrons. The molecule has 0 saturated carbocycles. The monoisotopic (exact) mass is 405 g/mol. The number of fused-ring (bicyclic) bond motifs is 1. The molecule has 29 heavy (non-hydrogen) atoms. The fraction of sp³-hybridized carbons (Fsp3) is 0.500. The van der Waals surface area contributed by atoms with Crippen LogP contribution in [0.3, 0.4) is 0 Å². The van der Waals surface area contributed by atoms with Crippen molar-refractivity contribution in [3.8, 4) is 0 Å². The van der Waals surface area contributed by atoms with Gasteiger partial charge in [0, 0.05) is 55.4 Å². The van der Waals surface area contributed by atoms with Crippen LogP contribution in [-0.4, -0.2) is 94.2 Å². The summed E-state index contributed by atoms with van der Waals surface area (Å²) < 4.78 is 6.89. The lowest BCUT2D eigenvalue weighted by molar-refractivity contribution is -0.144. The van der Waals surface area contributed by atoms with Gasteiger partial charge >= 0.3 is 11.9 Å². The minimum atomic E-state index is -0.971. The van der Waals surface area contributed by atoms with Gasteiger partial charge in [-0.05, 0) is 6.07 Å². The Kier molecular flexibility index (Phi) is 7.21. The first kappa shape index (κ1) is 21.3. The maximum absolute atomic E-state index is 12.2. The fourth-order valence-corrected chi connectivity index (χ4v) is 3.86. The Morgan fingerprint density at radius 3 is 2.45 bits per heavy atom. The number of carbonyl (C=O) groups is 2. The van der Waals surface area contributed by atoms with Crippen molar-refractivity contribution in [3.05, 3.63) is 36.0 Å². The van der Waals surface area contributed by atoms with Gasteiger partial charge in [0.25, 0.3) is 0 Å². The molecule has 1 unspecified atom stereocenters. The normalized spacial score (nSPS) is 16.9. The third-order valence-corrected chi connectivity index (χ3v) is 5.21. The molecule has 0 spiro atoms. The summed E-state index contributed by atoms with van der Waals surface area (Å²) in [6.07, 6.45) is 1.66. The van der Waals surface area contributed by atoms with Gasteiger partial charge in [0.05, 0.1) is 19.8 Å². The van der Waals surface area contributed by atoms with Gasteiger partial charge < -0.3 is 24.6 Å². The minimum absolute atomic E-state index is 0.00352. The second kappa shape index (κ2) is 9.84. The van der Waals surface area contributed by atoms with E-state index in [0.717, 1.165) is 30.5 Å². The lowest BCUT2D eigenvalue weighted by Gasteiger charge is -2.37. The van der Waals surface area contributed by atoms with Crippen LogP contribution in [0.25, 0.3) is 10.9 Å². The lowest BCUT2D eigenvalue weighted by atomic mass is 10.0. The molecule has 2 heterocycles. The molecule has 9 nitrogen and oxygen atoms in total. The highest BCUT2D eigenvalue weighted by molar-refractivity contribution is 5.90. The molecular weight excluding hydrogens is 378 g/mol. The lowest BCUT2D eigenvalue weighted by Crippen LogP contribution is -2.49. The number of ether oxygens (including phenoxy) is 1. The van der Waals surface area contributed by atoms with Crippen molar-refractivity contribution in [2.75, 3.05) is 52.5 Å². The third-order valence-electron chi connectivity index (χ3n) is 5.21. The van der Waals surface area contributed by atoms with E-state index in [4.69, 9.17) is 9.84 Å². The molecule has 3 rings (SSSR count). The highest BCUT2D eigenvalue weighted by Crippen LogP contribution is 2.31. The van der Waals surface area contributed by atoms with E-state index in [1.807, 2.05) is 29.2 Å². The summed E-state index contributed by atoms with van der Waals surface area (Å²) in [4.78, 5) is 27.5. The molecule has 1 fully saturated rings. The standard InChI is InChI=1S/C20H27N3O6/c24-10-12-29-11-9-21-5-7-22(8-6-21)19(20(27)28)16-13-23(14-18(25)26)17-4-2-1-3-15(16)17/h1-4,13,19,24H,5-12,14H2,(H,25,26)(H,27,28). The summed E-state index contributed by atoms with van der Waals surface area (Å²) >= 11 is 0. The number of nitrogens with zero attached hydrogens (tertiary/aromatic N) is 3.